The monoisotopic (exact) mass is 263 g/mol. The average molecular weight is 263 g/mol. The Labute approximate surface area is 102 Å². The molecule has 1 amide bonds. The van der Waals surface area contributed by atoms with Gasteiger partial charge in [0.1, 0.15) is 0 Å². The van der Waals surface area contributed by atoms with Crippen LogP contribution in [0.25, 0.3) is 0 Å². The van der Waals surface area contributed by atoms with Crippen LogP contribution in [0.3, 0.4) is 0 Å². The molecular weight excluding hydrogens is 251 g/mol. The van der Waals surface area contributed by atoms with E-state index in [0.717, 1.165) is 10.6 Å². The zero-order valence-corrected chi connectivity index (χ0v) is 9.99. The van der Waals surface area contributed by atoms with E-state index in [1.165, 1.54) is 0 Å². The Balaban J connectivity index is 2.50. The molecule has 17 heavy (non-hydrogen) atoms. The molecule has 6 heteroatoms. The zero-order valence-electron chi connectivity index (χ0n) is 9.17. The minimum absolute atomic E-state index is 0.116. The number of nitrogens with one attached hydrogen (secondary N) is 1. The molecule has 1 aromatic rings. The third-order valence-corrected chi connectivity index (χ3v) is 2.84. The molecule has 0 aliphatic carbocycles. The van der Waals surface area contributed by atoms with Gasteiger partial charge in [-0.15, -0.1) is 11.8 Å². The SMILES string of the molecule is CCSc1ccc(CNC(=O)C(F)(F)F)cc1. The highest BCUT2D eigenvalue weighted by Gasteiger charge is 2.38. The van der Waals surface area contributed by atoms with Crippen molar-refractivity contribution in [3.63, 3.8) is 0 Å². The molecule has 0 bridgehead atoms. The fourth-order valence-corrected chi connectivity index (χ4v) is 1.81. The van der Waals surface area contributed by atoms with Gasteiger partial charge in [0.2, 0.25) is 0 Å². The number of rotatable bonds is 4. The van der Waals surface area contributed by atoms with Gasteiger partial charge in [0.25, 0.3) is 0 Å². The van der Waals surface area contributed by atoms with E-state index in [-0.39, 0.29) is 6.54 Å². The van der Waals surface area contributed by atoms with Gasteiger partial charge in [0.05, 0.1) is 0 Å². The molecule has 0 aromatic heterocycles. The fourth-order valence-electron chi connectivity index (χ4n) is 1.15. The number of halogens is 3. The maximum atomic E-state index is 11.9. The van der Waals surface area contributed by atoms with Gasteiger partial charge in [-0.3, -0.25) is 4.79 Å². The summed E-state index contributed by atoms with van der Waals surface area (Å²) in [7, 11) is 0. The smallest absolute Gasteiger partial charge is 0.344 e. The molecule has 0 unspecified atom stereocenters. The van der Waals surface area contributed by atoms with E-state index < -0.39 is 12.1 Å². The third kappa shape index (κ3) is 4.68. The molecule has 0 saturated heterocycles. The van der Waals surface area contributed by atoms with Crippen molar-refractivity contribution in [1.82, 2.24) is 5.32 Å². The van der Waals surface area contributed by atoms with Crippen molar-refractivity contribution in [3.8, 4) is 0 Å². The maximum absolute atomic E-state index is 11.9. The van der Waals surface area contributed by atoms with Crippen LogP contribution in [0.15, 0.2) is 29.2 Å². The van der Waals surface area contributed by atoms with Gasteiger partial charge < -0.3 is 5.32 Å². The maximum Gasteiger partial charge on any atom is 0.471 e. The second kappa shape index (κ2) is 5.95. The Bertz CT molecular complexity index is 375. The van der Waals surface area contributed by atoms with Crippen LogP contribution >= 0.6 is 11.8 Å². The third-order valence-electron chi connectivity index (χ3n) is 1.94. The number of hydrogen-bond donors (Lipinski definition) is 1. The largest absolute Gasteiger partial charge is 0.471 e. The van der Waals surface area contributed by atoms with Crippen LogP contribution in [0, 0.1) is 0 Å². The number of carbonyl (C=O) groups is 1. The van der Waals surface area contributed by atoms with Crippen molar-refractivity contribution >= 4 is 17.7 Å². The average Bonchev–Trinajstić information content (AvgIpc) is 2.27. The highest BCUT2D eigenvalue weighted by atomic mass is 32.2. The predicted molar refractivity (Wildman–Crippen MR) is 60.7 cm³/mol. The molecule has 0 atom stereocenters. The summed E-state index contributed by atoms with van der Waals surface area (Å²) >= 11 is 1.65. The van der Waals surface area contributed by atoms with Crippen molar-refractivity contribution in [2.24, 2.45) is 0 Å². The van der Waals surface area contributed by atoms with Gasteiger partial charge in [0.15, 0.2) is 0 Å². The van der Waals surface area contributed by atoms with E-state index in [2.05, 4.69) is 0 Å². The van der Waals surface area contributed by atoms with Crippen LogP contribution in [0.4, 0.5) is 13.2 Å². The molecule has 2 nitrogen and oxygen atoms in total. The highest BCUT2D eigenvalue weighted by molar-refractivity contribution is 7.99. The molecule has 0 spiro atoms. The lowest BCUT2D eigenvalue weighted by atomic mass is 10.2. The Kier molecular flexibility index (Phi) is 4.86. The van der Waals surface area contributed by atoms with Crippen LogP contribution in [0.1, 0.15) is 12.5 Å². The Morgan fingerprint density at radius 2 is 1.88 bits per heavy atom. The van der Waals surface area contributed by atoms with Crippen LogP contribution in [-0.4, -0.2) is 17.8 Å². The summed E-state index contributed by atoms with van der Waals surface area (Å²) in [5, 5.41) is 1.82. The molecule has 0 aliphatic heterocycles. The number of thioether (sulfide) groups is 1. The van der Waals surface area contributed by atoms with E-state index in [9.17, 15) is 18.0 Å². The minimum atomic E-state index is -4.82. The van der Waals surface area contributed by atoms with E-state index in [1.54, 1.807) is 23.9 Å². The molecule has 0 heterocycles. The molecule has 0 aliphatic rings. The lowest BCUT2D eigenvalue weighted by Gasteiger charge is -2.08. The standard InChI is InChI=1S/C11H12F3NOS/c1-2-17-9-5-3-8(4-6-9)7-15-10(16)11(12,13)14/h3-6H,2,7H2,1H3,(H,15,16). The summed E-state index contributed by atoms with van der Waals surface area (Å²) in [6, 6.07) is 7.05. The topological polar surface area (TPSA) is 29.1 Å². The Hall–Kier alpha value is -1.17. The van der Waals surface area contributed by atoms with E-state index in [1.807, 2.05) is 24.4 Å². The molecule has 1 aromatic carbocycles. The number of alkyl halides is 3. The molecule has 1 rings (SSSR count). The summed E-state index contributed by atoms with van der Waals surface area (Å²) in [4.78, 5) is 11.6. The van der Waals surface area contributed by atoms with Gasteiger partial charge in [-0.05, 0) is 23.4 Å². The second-order valence-electron chi connectivity index (χ2n) is 3.26. The summed E-state index contributed by atoms with van der Waals surface area (Å²) in [6.45, 7) is 1.90. The predicted octanol–water partition coefficient (Wildman–Crippen LogP) is 2.98. The first-order valence-electron chi connectivity index (χ1n) is 5.00. The highest BCUT2D eigenvalue weighted by Crippen LogP contribution is 2.18. The fraction of sp³-hybridized carbons (Fsp3) is 0.364. The normalized spacial score (nSPS) is 11.3. The first kappa shape index (κ1) is 13.9. The quantitative estimate of drug-likeness (QED) is 0.846. The molecule has 1 N–H and O–H groups in total. The molecule has 0 saturated carbocycles. The summed E-state index contributed by atoms with van der Waals surface area (Å²) < 4.78 is 35.7. The molecule has 0 radical (unpaired) electrons. The van der Waals surface area contributed by atoms with Crippen molar-refractivity contribution in [2.45, 2.75) is 24.5 Å². The van der Waals surface area contributed by atoms with Crippen LogP contribution in [-0.2, 0) is 11.3 Å². The van der Waals surface area contributed by atoms with Crippen LogP contribution in [0.5, 0.6) is 0 Å². The number of hydrogen-bond acceptors (Lipinski definition) is 2. The van der Waals surface area contributed by atoms with E-state index in [4.69, 9.17) is 0 Å². The minimum Gasteiger partial charge on any atom is -0.344 e. The van der Waals surface area contributed by atoms with Gasteiger partial charge in [0, 0.05) is 11.4 Å². The molecular formula is C11H12F3NOS. The van der Waals surface area contributed by atoms with Gasteiger partial charge in [-0.1, -0.05) is 19.1 Å². The van der Waals surface area contributed by atoms with Crippen molar-refractivity contribution in [1.29, 1.82) is 0 Å². The molecule has 94 valence electrons. The Morgan fingerprint density at radius 1 is 1.29 bits per heavy atom. The summed E-state index contributed by atoms with van der Waals surface area (Å²) in [5.74, 6) is -0.978. The van der Waals surface area contributed by atoms with Crippen molar-refractivity contribution < 1.29 is 18.0 Å². The van der Waals surface area contributed by atoms with E-state index in [0.29, 0.717) is 5.56 Å². The Morgan fingerprint density at radius 3 is 2.35 bits per heavy atom. The molecule has 0 fully saturated rings. The van der Waals surface area contributed by atoms with Gasteiger partial charge >= 0.3 is 12.1 Å². The lowest BCUT2D eigenvalue weighted by Crippen LogP contribution is -2.36. The lowest BCUT2D eigenvalue weighted by molar-refractivity contribution is -0.173. The second-order valence-corrected chi connectivity index (χ2v) is 4.59. The zero-order chi connectivity index (χ0) is 12.9. The summed E-state index contributed by atoms with van der Waals surface area (Å²) in [6.07, 6.45) is -4.82. The van der Waals surface area contributed by atoms with Gasteiger partial charge in [-0.2, -0.15) is 13.2 Å². The van der Waals surface area contributed by atoms with E-state index >= 15 is 0 Å². The van der Waals surface area contributed by atoms with Crippen molar-refractivity contribution in [2.75, 3.05) is 5.75 Å². The van der Waals surface area contributed by atoms with Crippen LogP contribution < -0.4 is 5.32 Å². The van der Waals surface area contributed by atoms with Crippen molar-refractivity contribution in [3.05, 3.63) is 29.8 Å². The number of amides is 1. The van der Waals surface area contributed by atoms with Crippen LogP contribution in [0.2, 0.25) is 0 Å². The number of benzene rings is 1. The summed E-state index contributed by atoms with van der Waals surface area (Å²) in [5.41, 5.74) is 0.642. The number of carbonyl (C=O) groups excluding carboxylic acids is 1. The first-order valence-corrected chi connectivity index (χ1v) is 5.99. The first-order chi connectivity index (χ1) is 7.93. The van der Waals surface area contributed by atoms with Gasteiger partial charge in [-0.25, -0.2) is 0 Å².